The van der Waals surface area contributed by atoms with Gasteiger partial charge in [-0.05, 0) is 25.6 Å². The molecule has 0 saturated heterocycles. The molecule has 10 heteroatoms. The van der Waals surface area contributed by atoms with Crippen LogP contribution in [0.1, 0.15) is 27.7 Å². The molecule has 0 rings (SSSR count). The fourth-order valence-corrected chi connectivity index (χ4v) is 1.73. The minimum absolute atomic E-state index is 0.234. The van der Waals surface area contributed by atoms with E-state index < -0.39 is 40.7 Å². The highest BCUT2D eigenvalue weighted by atomic mass is 32.2. The van der Waals surface area contributed by atoms with Gasteiger partial charge in [-0.1, -0.05) is 13.8 Å². The molecule has 8 nitrogen and oxygen atoms in total. The third-order valence-electron chi connectivity index (χ3n) is 2.38. The molecule has 1 atom stereocenters. The molecule has 0 aliphatic heterocycles. The SMILES string of the molecule is CC(C)C(=O)OCOC(=O)SC[C@H](NC(=O)C(C)(C)S)C(=O)O. The van der Waals surface area contributed by atoms with Crippen LogP contribution in [-0.2, 0) is 23.9 Å². The standard InChI is InChI=1S/C13H21NO7S2/c1-7(2)10(17)20-6-21-12(19)23-5-8(9(15)16)14-11(18)13(3,4)22/h7-8,22H,5-6H2,1-4H3,(H,14,18)(H,15,16)/t8-/m0/s1. The van der Waals surface area contributed by atoms with Gasteiger partial charge >= 0.3 is 17.2 Å². The van der Waals surface area contributed by atoms with Crippen LogP contribution >= 0.6 is 24.4 Å². The number of carboxylic acids is 1. The smallest absolute Gasteiger partial charge is 0.370 e. The maximum Gasteiger partial charge on any atom is 0.370 e. The van der Waals surface area contributed by atoms with Crippen molar-refractivity contribution in [3.8, 4) is 0 Å². The summed E-state index contributed by atoms with van der Waals surface area (Å²) in [5.74, 6) is -2.97. The summed E-state index contributed by atoms with van der Waals surface area (Å²) in [4.78, 5) is 45.4. The molecule has 0 radical (unpaired) electrons. The maximum atomic E-state index is 11.7. The van der Waals surface area contributed by atoms with Crippen molar-refractivity contribution in [1.82, 2.24) is 5.32 Å². The third-order valence-corrected chi connectivity index (χ3v) is 3.43. The zero-order valence-corrected chi connectivity index (χ0v) is 15.0. The Hall–Kier alpha value is -1.42. The first-order valence-corrected chi connectivity index (χ1v) is 8.10. The van der Waals surface area contributed by atoms with Crippen molar-refractivity contribution in [2.75, 3.05) is 12.5 Å². The van der Waals surface area contributed by atoms with Gasteiger partial charge in [-0.15, -0.1) is 0 Å². The molecule has 132 valence electrons. The second kappa shape index (κ2) is 9.66. The summed E-state index contributed by atoms with van der Waals surface area (Å²) in [7, 11) is 0. The number of esters is 1. The number of amides is 1. The van der Waals surface area contributed by atoms with Gasteiger partial charge in [0.2, 0.25) is 12.7 Å². The van der Waals surface area contributed by atoms with Crippen molar-refractivity contribution in [3.05, 3.63) is 0 Å². The largest absolute Gasteiger partial charge is 0.480 e. The normalized spacial score (nSPS) is 12.4. The lowest BCUT2D eigenvalue weighted by atomic mass is 10.2. The van der Waals surface area contributed by atoms with Gasteiger partial charge < -0.3 is 19.9 Å². The molecule has 0 spiro atoms. The Bertz CT molecular complexity index is 460. The molecule has 0 fully saturated rings. The van der Waals surface area contributed by atoms with E-state index in [1.165, 1.54) is 13.8 Å². The summed E-state index contributed by atoms with van der Waals surface area (Å²) in [5, 5.41) is 10.5. The summed E-state index contributed by atoms with van der Waals surface area (Å²) in [6.07, 6.45) is 0. The van der Waals surface area contributed by atoms with Crippen molar-refractivity contribution in [2.24, 2.45) is 5.92 Å². The van der Waals surface area contributed by atoms with E-state index in [2.05, 4.69) is 27.4 Å². The van der Waals surface area contributed by atoms with Crippen LogP contribution in [0.25, 0.3) is 0 Å². The maximum absolute atomic E-state index is 11.7. The molecule has 0 aromatic heterocycles. The number of hydrogen-bond acceptors (Lipinski definition) is 8. The van der Waals surface area contributed by atoms with E-state index in [0.29, 0.717) is 11.8 Å². The molecule has 0 saturated carbocycles. The van der Waals surface area contributed by atoms with Crippen molar-refractivity contribution in [1.29, 1.82) is 0 Å². The van der Waals surface area contributed by atoms with E-state index in [1.807, 2.05) is 0 Å². The average molecular weight is 367 g/mol. The van der Waals surface area contributed by atoms with Gasteiger partial charge in [0.05, 0.1) is 10.7 Å². The summed E-state index contributed by atoms with van der Waals surface area (Å²) < 4.78 is 8.22. The fraction of sp³-hybridized carbons (Fsp3) is 0.692. The summed E-state index contributed by atoms with van der Waals surface area (Å²) in [5.41, 5.74) is 0. The van der Waals surface area contributed by atoms with E-state index in [1.54, 1.807) is 13.8 Å². The molecular weight excluding hydrogens is 346 g/mol. The van der Waals surface area contributed by atoms with Crippen LogP contribution < -0.4 is 5.32 Å². The Labute approximate surface area is 144 Å². The second-order valence-corrected chi connectivity index (χ2v) is 7.44. The van der Waals surface area contributed by atoms with Crippen LogP contribution in [0, 0.1) is 5.92 Å². The summed E-state index contributed by atoms with van der Waals surface area (Å²) in [6.45, 7) is 5.73. The molecule has 0 heterocycles. The molecule has 0 unspecified atom stereocenters. The number of rotatable bonds is 8. The Kier molecular flexibility index (Phi) is 9.06. The lowest BCUT2D eigenvalue weighted by molar-refractivity contribution is -0.155. The quantitative estimate of drug-likeness (QED) is 0.334. The van der Waals surface area contributed by atoms with Gasteiger partial charge in [-0.2, -0.15) is 12.6 Å². The zero-order chi connectivity index (χ0) is 18.2. The lowest BCUT2D eigenvalue weighted by Gasteiger charge is -2.20. The van der Waals surface area contributed by atoms with Crippen molar-refractivity contribution < 1.29 is 33.8 Å². The number of nitrogens with one attached hydrogen (secondary N) is 1. The highest BCUT2D eigenvalue weighted by Crippen LogP contribution is 2.13. The summed E-state index contributed by atoms with van der Waals surface area (Å²) >= 11 is 4.58. The molecular formula is C13H21NO7S2. The van der Waals surface area contributed by atoms with Crippen LogP contribution in [0.2, 0.25) is 0 Å². The van der Waals surface area contributed by atoms with Gasteiger partial charge in [0.1, 0.15) is 6.04 Å². The highest BCUT2D eigenvalue weighted by molar-refractivity contribution is 8.13. The second-order valence-electron chi connectivity index (χ2n) is 5.36. The first kappa shape index (κ1) is 21.6. The van der Waals surface area contributed by atoms with Crippen LogP contribution in [-0.4, -0.2) is 51.6 Å². The van der Waals surface area contributed by atoms with Gasteiger partial charge in [0.15, 0.2) is 0 Å². The first-order chi connectivity index (χ1) is 10.4. The number of carboxylic acid groups (broad SMARTS) is 1. The van der Waals surface area contributed by atoms with Crippen LogP contribution in [0.3, 0.4) is 0 Å². The number of carbonyl (C=O) groups excluding carboxylic acids is 3. The van der Waals surface area contributed by atoms with Crippen LogP contribution in [0.15, 0.2) is 0 Å². The minimum Gasteiger partial charge on any atom is -0.480 e. The Morgan fingerprint density at radius 1 is 1.22 bits per heavy atom. The van der Waals surface area contributed by atoms with Crippen LogP contribution in [0.4, 0.5) is 4.79 Å². The van der Waals surface area contributed by atoms with E-state index in [-0.39, 0.29) is 11.7 Å². The topological polar surface area (TPSA) is 119 Å². The van der Waals surface area contributed by atoms with Crippen molar-refractivity contribution in [3.63, 3.8) is 0 Å². The van der Waals surface area contributed by atoms with Gasteiger partial charge in [0.25, 0.3) is 0 Å². The summed E-state index contributed by atoms with van der Waals surface area (Å²) in [6, 6.07) is -1.27. The molecule has 0 aromatic carbocycles. The lowest BCUT2D eigenvalue weighted by Crippen LogP contribution is -2.48. The molecule has 0 bridgehead atoms. The Morgan fingerprint density at radius 3 is 2.22 bits per heavy atom. The van der Waals surface area contributed by atoms with Crippen molar-refractivity contribution in [2.45, 2.75) is 38.5 Å². The molecule has 2 N–H and O–H groups in total. The highest BCUT2D eigenvalue weighted by Gasteiger charge is 2.28. The van der Waals surface area contributed by atoms with Crippen molar-refractivity contribution >= 4 is 47.5 Å². The monoisotopic (exact) mass is 367 g/mol. The van der Waals surface area contributed by atoms with E-state index >= 15 is 0 Å². The molecule has 0 aliphatic carbocycles. The van der Waals surface area contributed by atoms with Crippen LogP contribution in [0.5, 0.6) is 0 Å². The molecule has 0 aliphatic rings. The Balaban J connectivity index is 4.27. The number of hydrogen-bond donors (Lipinski definition) is 3. The molecule has 0 aromatic rings. The predicted molar refractivity (Wildman–Crippen MR) is 87.4 cm³/mol. The number of carbonyl (C=O) groups is 4. The molecule has 23 heavy (non-hydrogen) atoms. The average Bonchev–Trinajstić information content (AvgIpc) is 2.41. The van der Waals surface area contributed by atoms with Gasteiger partial charge in [0, 0.05) is 5.75 Å². The van der Waals surface area contributed by atoms with Gasteiger partial charge in [-0.25, -0.2) is 9.59 Å². The third kappa shape index (κ3) is 9.34. The zero-order valence-electron chi connectivity index (χ0n) is 13.3. The van der Waals surface area contributed by atoms with E-state index in [0.717, 1.165) is 0 Å². The fourth-order valence-electron chi connectivity index (χ4n) is 1.00. The number of aliphatic carboxylic acids is 1. The minimum atomic E-state index is -1.29. The van der Waals surface area contributed by atoms with E-state index in [9.17, 15) is 19.2 Å². The number of ether oxygens (including phenoxy) is 2. The number of thioether (sulfide) groups is 1. The molecule has 1 amide bonds. The Morgan fingerprint density at radius 2 is 1.78 bits per heavy atom. The van der Waals surface area contributed by atoms with Gasteiger partial charge in [-0.3, -0.25) is 9.59 Å². The number of thiol groups is 1. The predicted octanol–water partition coefficient (Wildman–Crippen LogP) is 1.29. The first-order valence-electron chi connectivity index (χ1n) is 6.67. The van der Waals surface area contributed by atoms with E-state index in [4.69, 9.17) is 5.11 Å².